The lowest BCUT2D eigenvalue weighted by atomic mass is 10.1. The summed E-state index contributed by atoms with van der Waals surface area (Å²) in [7, 11) is 0. The number of nitrogens with zero attached hydrogens (tertiary/aromatic N) is 3. The van der Waals surface area contributed by atoms with Crippen molar-refractivity contribution in [1.29, 1.82) is 0 Å². The number of rotatable bonds is 5. The molecule has 0 spiro atoms. The normalized spacial score (nSPS) is 17.7. The minimum atomic E-state index is 0.461. The Labute approximate surface area is 139 Å². The van der Waals surface area contributed by atoms with Crippen LogP contribution in [0.4, 0.5) is 0 Å². The number of halogens is 2. The molecule has 21 heavy (non-hydrogen) atoms. The van der Waals surface area contributed by atoms with E-state index in [1.54, 1.807) is 0 Å². The summed E-state index contributed by atoms with van der Waals surface area (Å²) in [6.07, 6.45) is 2.70. The number of hydrogen-bond acceptors (Lipinski definition) is 2. The standard InChI is InChI=1S/C16H21BrClN3/c1-12(10-20-6-2-3-7-20)11-21-15-5-4-13(17)8-14(15)19-16(21)9-18/h4-5,8,12H,2-3,6-7,9-11H2,1H3. The molecule has 0 saturated carbocycles. The van der Waals surface area contributed by atoms with E-state index in [0.717, 1.165) is 28.9 Å². The highest BCUT2D eigenvalue weighted by molar-refractivity contribution is 9.10. The highest BCUT2D eigenvalue weighted by Crippen LogP contribution is 2.23. The summed E-state index contributed by atoms with van der Waals surface area (Å²) in [6, 6.07) is 6.27. The van der Waals surface area contributed by atoms with Crippen LogP contribution in [0.2, 0.25) is 0 Å². The maximum Gasteiger partial charge on any atom is 0.124 e. The molecule has 0 amide bonds. The van der Waals surface area contributed by atoms with Gasteiger partial charge in [0.15, 0.2) is 0 Å². The SMILES string of the molecule is CC(CN1CCCC1)Cn1c(CCl)nc2cc(Br)ccc21. The highest BCUT2D eigenvalue weighted by atomic mass is 79.9. The third-order valence-electron chi connectivity index (χ3n) is 4.17. The molecule has 3 rings (SSSR count). The molecule has 0 bridgehead atoms. The van der Waals surface area contributed by atoms with Crippen LogP contribution in [0.1, 0.15) is 25.6 Å². The summed E-state index contributed by atoms with van der Waals surface area (Å²) < 4.78 is 3.35. The second-order valence-electron chi connectivity index (χ2n) is 6.02. The molecule has 1 aromatic carbocycles. The van der Waals surface area contributed by atoms with E-state index in [0.29, 0.717) is 11.8 Å². The number of benzene rings is 1. The van der Waals surface area contributed by atoms with E-state index in [2.05, 4.69) is 55.5 Å². The zero-order valence-corrected chi connectivity index (χ0v) is 14.7. The maximum atomic E-state index is 6.09. The van der Waals surface area contributed by atoms with Gasteiger partial charge in [-0.15, -0.1) is 11.6 Å². The molecule has 1 saturated heterocycles. The van der Waals surface area contributed by atoms with Crippen LogP contribution >= 0.6 is 27.5 Å². The molecule has 1 aliphatic heterocycles. The molecular weight excluding hydrogens is 350 g/mol. The van der Waals surface area contributed by atoms with Crippen LogP contribution in [0.3, 0.4) is 0 Å². The first-order valence-electron chi connectivity index (χ1n) is 7.60. The second-order valence-corrected chi connectivity index (χ2v) is 7.20. The predicted molar refractivity (Wildman–Crippen MR) is 91.8 cm³/mol. The minimum absolute atomic E-state index is 0.461. The second kappa shape index (κ2) is 6.67. The predicted octanol–water partition coefficient (Wildman–Crippen LogP) is 4.27. The molecule has 1 fully saturated rings. The summed E-state index contributed by atoms with van der Waals surface area (Å²) in [4.78, 5) is 7.23. The molecule has 0 aliphatic carbocycles. The zero-order chi connectivity index (χ0) is 14.8. The zero-order valence-electron chi connectivity index (χ0n) is 12.4. The topological polar surface area (TPSA) is 21.1 Å². The number of fused-ring (bicyclic) bond motifs is 1. The fourth-order valence-electron chi connectivity index (χ4n) is 3.23. The van der Waals surface area contributed by atoms with E-state index in [9.17, 15) is 0 Å². The van der Waals surface area contributed by atoms with Gasteiger partial charge in [0.05, 0.1) is 16.9 Å². The van der Waals surface area contributed by atoms with Crippen molar-refractivity contribution in [2.75, 3.05) is 19.6 Å². The summed E-state index contributed by atoms with van der Waals surface area (Å²) in [5, 5.41) is 0. The lowest BCUT2D eigenvalue weighted by Crippen LogP contribution is -2.27. The van der Waals surface area contributed by atoms with E-state index in [-0.39, 0.29) is 0 Å². The van der Waals surface area contributed by atoms with Crippen LogP contribution in [0.25, 0.3) is 11.0 Å². The van der Waals surface area contributed by atoms with Gasteiger partial charge in [-0.2, -0.15) is 0 Å². The van der Waals surface area contributed by atoms with Crippen molar-refractivity contribution in [3.63, 3.8) is 0 Å². The van der Waals surface area contributed by atoms with Gasteiger partial charge >= 0.3 is 0 Å². The van der Waals surface area contributed by atoms with Crippen molar-refractivity contribution >= 4 is 38.6 Å². The lowest BCUT2D eigenvalue weighted by molar-refractivity contribution is 0.272. The Morgan fingerprint density at radius 3 is 2.76 bits per heavy atom. The van der Waals surface area contributed by atoms with Crippen molar-refractivity contribution in [2.45, 2.75) is 32.2 Å². The van der Waals surface area contributed by atoms with Crippen LogP contribution in [0.5, 0.6) is 0 Å². The molecule has 1 atom stereocenters. The van der Waals surface area contributed by atoms with Crippen molar-refractivity contribution in [2.24, 2.45) is 5.92 Å². The van der Waals surface area contributed by atoms with Gasteiger partial charge in [0, 0.05) is 17.6 Å². The summed E-state index contributed by atoms with van der Waals surface area (Å²) in [5.74, 6) is 2.03. The van der Waals surface area contributed by atoms with Crippen LogP contribution in [0, 0.1) is 5.92 Å². The Hall–Kier alpha value is -0.580. The summed E-state index contributed by atoms with van der Waals surface area (Å²) in [5.41, 5.74) is 2.20. The minimum Gasteiger partial charge on any atom is -0.327 e. The first kappa shape index (κ1) is 15.3. The molecule has 5 heteroatoms. The van der Waals surface area contributed by atoms with Gasteiger partial charge in [0.2, 0.25) is 0 Å². The molecule has 1 aromatic heterocycles. The van der Waals surface area contributed by atoms with E-state index in [1.165, 1.54) is 31.4 Å². The van der Waals surface area contributed by atoms with Gasteiger partial charge in [0.1, 0.15) is 5.82 Å². The third-order valence-corrected chi connectivity index (χ3v) is 4.90. The van der Waals surface area contributed by atoms with Gasteiger partial charge < -0.3 is 9.47 Å². The van der Waals surface area contributed by atoms with Gasteiger partial charge in [0.25, 0.3) is 0 Å². The third kappa shape index (κ3) is 3.43. The number of likely N-dealkylation sites (tertiary alicyclic amines) is 1. The fraction of sp³-hybridized carbons (Fsp3) is 0.562. The number of aromatic nitrogens is 2. The Morgan fingerprint density at radius 2 is 2.05 bits per heavy atom. The van der Waals surface area contributed by atoms with Crippen LogP contribution in [-0.2, 0) is 12.4 Å². The quantitative estimate of drug-likeness (QED) is 0.733. The van der Waals surface area contributed by atoms with Crippen molar-refractivity contribution < 1.29 is 0 Å². The number of hydrogen-bond donors (Lipinski definition) is 0. The number of alkyl halides is 1. The Balaban J connectivity index is 1.81. The fourth-order valence-corrected chi connectivity index (χ4v) is 3.79. The van der Waals surface area contributed by atoms with E-state index >= 15 is 0 Å². The molecule has 1 unspecified atom stereocenters. The van der Waals surface area contributed by atoms with E-state index < -0.39 is 0 Å². The van der Waals surface area contributed by atoms with Crippen molar-refractivity contribution in [3.8, 4) is 0 Å². The smallest absolute Gasteiger partial charge is 0.124 e. The summed E-state index contributed by atoms with van der Waals surface area (Å²) in [6.45, 7) is 6.98. The average Bonchev–Trinajstić information content (AvgIpc) is 3.06. The molecule has 0 N–H and O–H groups in total. The Morgan fingerprint density at radius 1 is 1.29 bits per heavy atom. The maximum absolute atomic E-state index is 6.09. The first-order valence-corrected chi connectivity index (χ1v) is 8.93. The van der Waals surface area contributed by atoms with Crippen LogP contribution in [-0.4, -0.2) is 34.1 Å². The van der Waals surface area contributed by atoms with Gasteiger partial charge in [-0.3, -0.25) is 0 Å². The Bertz CT molecular complexity index is 619. The van der Waals surface area contributed by atoms with Crippen LogP contribution in [0.15, 0.2) is 22.7 Å². The van der Waals surface area contributed by atoms with E-state index in [1.807, 2.05) is 0 Å². The molecule has 2 aromatic rings. The molecule has 114 valence electrons. The Kier molecular flexibility index (Phi) is 4.87. The molecule has 1 aliphatic rings. The van der Waals surface area contributed by atoms with Crippen molar-refractivity contribution in [3.05, 3.63) is 28.5 Å². The van der Waals surface area contributed by atoms with Crippen LogP contribution < -0.4 is 0 Å². The number of imidazole rings is 1. The van der Waals surface area contributed by atoms with E-state index in [4.69, 9.17) is 11.6 Å². The van der Waals surface area contributed by atoms with Gasteiger partial charge in [-0.05, 0) is 50.0 Å². The largest absolute Gasteiger partial charge is 0.327 e. The average molecular weight is 371 g/mol. The highest BCUT2D eigenvalue weighted by Gasteiger charge is 2.17. The first-order chi connectivity index (χ1) is 10.2. The van der Waals surface area contributed by atoms with Gasteiger partial charge in [-0.1, -0.05) is 22.9 Å². The molecule has 3 nitrogen and oxygen atoms in total. The lowest BCUT2D eigenvalue weighted by Gasteiger charge is -2.21. The van der Waals surface area contributed by atoms with Crippen molar-refractivity contribution in [1.82, 2.24) is 14.5 Å². The van der Waals surface area contributed by atoms with Gasteiger partial charge in [-0.25, -0.2) is 4.98 Å². The molecule has 0 radical (unpaired) electrons. The molecule has 2 heterocycles. The monoisotopic (exact) mass is 369 g/mol. The summed E-state index contributed by atoms with van der Waals surface area (Å²) >= 11 is 9.60. The molecular formula is C16H21BrClN3.